The average Bonchev–Trinajstić information content (AvgIpc) is 2.68. The second-order valence-electron chi connectivity index (χ2n) is 4.37. The van der Waals surface area contributed by atoms with E-state index in [0.717, 1.165) is 11.8 Å². The van der Waals surface area contributed by atoms with Gasteiger partial charge in [-0.1, -0.05) is 26.2 Å². The second kappa shape index (κ2) is 2.56. The van der Waals surface area contributed by atoms with Crippen molar-refractivity contribution in [1.82, 2.24) is 0 Å². The van der Waals surface area contributed by atoms with Gasteiger partial charge in [-0.3, -0.25) is 0 Å². The standard InChI is InChI=1S/C10H18/c1-8-3-2-4-10(7-8)9-5-6-9/h8-10H,2-7H2,1H3. The van der Waals surface area contributed by atoms with Gasteiger partial charge in [0.15, 0.2) is 0 Å². The smallest absolute Gasteiger partial charge is 0.0383 e. The Balaban J connectivity index is 1.84. The third-order valence-electron chi connectivity index (χ3n) is 3.27. The van der Waals surface area contributed by atoms with Crippen molar-refractivity contribution in [3.05, 3.63) is 0 Å². The van der Waals surface area contributed by atoms with Crippen LogP contribution in [0, 0.1) is 17.8 Å². The van der Waals surface area contributed by atoms with Gasteiger partial charge in [-0.05, 0) is 37.0 Å². The minimum Gasteiger partial charge on any atom is -0.0625 e. The van der Waals surface area contributed by atoms with Crippen LogP contribution in [0.1, 0.15) is 45.4 Å². The van der Waals surface area contributed by atoms with Crippen LogP contribution in [0.3, 0.4) is 0 Å². The molecule has 0 aromatic rings. The number of hydrogen-bond donors (Lipinski definition) is 0. The molecule has 0 heterocycles. The molecule has 2 atom stereocenters. The predicted octanol–water partition coefficient (Wildman–Crippen LogP) is 3.22. The molecule has 0 heteroatoms. The zero-order chi connectivity index (χ0) is 6.97. The van der Waals surface area contributed by atoms with Crippen molar-refractivity contribution in [2.24, 2.45) is 17.8 Å². The molecule has 0 saturated heterocycles. The van der Waals surface area contributed by atoms with Gasteiger partial charge >= 0.3 is 0 Å². The first-order chi connectivity index (χ1) is 4.86. The molecule has 0 aromatic heterocycles. The van der Waals surface area contributed by atoms with Gasteiger partial charge in [0.2, 0.25) is 0 Å². The Morgan fingerprint density at radius 1 is 0.900 bits per heavy atom. The molecule has 0 nitrogen and oxygen atoms in total. The fraction of sp³-hybridized carbons (Fsp3) is 1.00. The van der Waals surface area contributed by atoms with Crippen LogP contribution in [0.2, 0.25) is 0 Å². The molecule has 0 radical (unpaired) electrons. The largest absolute Gasteiger partial charge is 0.0625 e. The Kier molecular flexibility index (Phi) is 1.71. The van der Waals surface area contributed by atoms with Gasteiger partial charge in [0.25, 0.3) is 0 Å². The minimum absolute atomic E-state index is 1.04. The quantitative estimate of drug-likeness (QED) is 0.522. The van der Waals surface area contributed by atoms with Crippen LogP contribution in [0.15, 0.2) is 0 Å². The van der Waals surface area contributed by atoms with E-state index < -0.39 is 0 Å². The van der Waals surface area contributed by atoms with Crippen molar-refractivity contribution < 1.29 is 0 Å². The molecule has 2 aliphatic rings. The Hall–Kier alpha value is 0. The van der Waals surface area contributed by atoms with Crippen LogP contribution in [0.5, 0.6) is 0 Å². The molecule has 0 spiro atoms. The van der Waals surface area contributed by atoms with E-state index in [-0.39, 0.29) is 0 Å². The van der Waals surface area contributed by atoms with Crippen LogP contribution in [-0.2, 0) is 0 Å². The maximum absolute atomic E-state index is 2.43. The van der Waals surface area contributed by atoms with Gasteiger partial charge in [0.05, 0.1) is 0 Å². The SMILES string of the molecule is CC1CCCC(C2CC2)C1. The Bertz CT molecular complexity index is 113. The lowest BCUT2D eigenvalue weighted by molar-refractivity contribution is 0.257. The lowest BCUT2D eigenvalue weighted by atomic mass is 9.80. The molecule has 0 aromatic carbocycles. The predicted molar refractivity (Wildman–Crippen MR) is 43.8 cm³/mol. The highest BCUT2D eigenvalue weighted by Crippen LogP contribution is 2.45. The normalized spacial score (nSPS) is 41.7. The summed E-state index contributed by atoms with van der Waals surface area (Å²) in [6.07, 6.45) is 9.22. The molecule has 0 amide bonds. The van der Waals surface area contributed by atoms with Gasteiger partial charge in [-0.15, -0.1) is 0 Å². The molecule has 2 rings (SSSR count). The van der Waals surface area contributed by atoms with Crippen LogP contribution in [-0.4, -0.2) is 0 Å². The summed E-state index contributed by atoms with van der Waals surface area (Å²) in [5.41, 5.74) is 0. The van der Waals surface area contributed by atoms with Crippen molar-refractivity contribution in [3.8, 4) is 0 Å². The molecule has 2 unspecified atom stereocenters. The van der Waals surface area contributed by atoms with Gasteiger partial charge in [-0.2, -0.15) is 0 Å². The van der Waals surface area contributed by atoms with E-state index in [1.54, 1.807) is 25.7 Å². The molecule has 10 heavy (non-hydrogen) atoms. The third kappa shape index (κ3) is 1.36. The molecule has 0 N–H and O–H groups in total. The van der Waals surface area contributed by atoms with Crippen molar-refractivity contribution >= 4 is 0 Å². The van der Waals surface area contributed by atoms with E-state index in [2.05, 4.69) is 6.92 Å². The number of rotatable bonds is 1. The molecular formula is C10H18. The second-order valence-corrected chi connectivity index (χ2v) is 4.37. The van der Waals surface area contributed by atoms with E-state index in [4.69, 9.17) is 0 Å². The summed E-state index contributed by atoms with van der Waals surface area (Å²) in [6.45, 7) is 2.43. The molecule has 0 aliphatic heterocycles. The van der Waals surface area contributed by atoms with Gasteiger partial charge in [0, 0.05) is 0 Å². The number of hydrogen-bond acceptors (Lipinski definition) is 0. The molecule has 2 saturated carbocycles. The van der Waals surface area contributed by atoms with Crippen molar-refractivity contribution in [2.75, 3.05) is 0 Å². The van der Waals surface area contributed by atoms with Crippen LogP contribution in [0.4, 0.5) is 0 Å². The summed E-state index contributed by atoms with van der Waals surface area (Å²) >= 11 is 0. The first-order valence-corrected chi connectivity index (χ1v) is 4.86. The van der Waals surface area contributed by atoms with Gasteiger partial charge in [-0.25, -0.2) is 0 Å². The van der Waals surface area contributed by atoms with E-state index in [1.807, 2.05) is 0 Å². The van der Waals surface area contributed by atoms with E-state index in [0.29, 0.717) is 0 Å². The highest BCUT2D eigenvalue weighted by molar-refractivity contribution is 4.84. The topological polar surface area (TPSA) is 0 Å². The van der Waals surface area contributed by atoms with Crippen LogP contribution in [0.25, 0.3) is 0 Å². The maximum atomic E-state index is 2.43. The fourth-order valence-electron chi connectivity index (χ4n) is 2.48. The summed E-state index contributed by atoms with van der Waals surface area (Å²) in [6, 6.07) is 0. The summed E-state index contributed by atoms with van der Waals surface area (Å²) in [4.78, 5) is 0. The first-order valence-electron chi connectivity index (χ1n) is 4.86. The fourth-order valence-corrected chi connectivity index (χ4v) is 2.48. The summed E-state index contributed by atoms with van der Waals surface area (Å²) < 4.78 is 0. The maximum Gasteiger partial charge on any atom is -0.0383 e. The van der Waals surface area contributed by atoms with Crippen molar-refractivity contribution in [1.29, 1.82) is 0 Å². The third-order valence-corrected chi connectivity index (χ3v) is 3.27. The lowest BCUT2D eigenvalue weighted by Crippen LogP contribution is -2.14. The van der Waals surface area contributed by atoms with E-state index >= 15 is 0 Å². The zero-order valence-electron chi connectivity index (χ0n) is 6.97. The van der Waals surface area contributed by atoms with Crippen LogP contribution < -0.4 is 0 Å². The highest BCUT2D eigenvalue weighted by Gasteiger charge is 2.33. The summed E-state index contributed by atoms with van der Waals surface area (Å²) in [7, 11) is 0. The lowest BCUT2D eigenvalue weighted by Gasteiger charge is -2.26. The Labute approximate surface area is 64.0 Å². The zero-order valence-corrected chi connectivity index (χ0v) is 6.97. The monoisotopic (exact) mass is 138 g/mol. The minimum atomic E-state index is 1.04. The highest BCUT2D eigenvalue weighted by atomic mass is 14.4. The summed E-state index contributed by atoms with van der Waals surface area (Å²) in [5.74, 6) is 3.35. The molecule has 2 fully saturated rings. The van der Waals surface area contributed by atoms with E-state index in [9.17, 15) is 0 Å². The molecule has 0 bridgehead atoms. The molecule has 2 aliphatic carbocycles. The first kappa shape index (κ1) is 6.69. The molecular weight excluding hydrogens is 120 g/mol. The van der Waals surface area contributed by atoms with Crippen molar-refractivity contribution in [3.63, 3.8) is 0 Å². The average molecular weight is 138 g/mol. The van der Waals surface area contributed by atoms with Gasteiger partial charge < -0.3 is 0 Å². The van der Waals surface area contributed by atoms with E-state index in [1.165, 1.54) is 18.8 Å². The Morgan fingerprint density at radius 3 is 2.30 bits per heavy atom. The molecule has 58 valence electrons. The van der Waals surface area contributed by atoms with Gasteiger partial charge in [0.1, 0.15) is 0 Å². The summed E-state index contributed by atoms with van der Waals surface area (Å²) in [5, 5.41) is 0. The Morgan fingerprint density at radius 2 is 1.70 bits per heavy atom. The van der Waals surface area contributed by atoms with Crippen molar-refractivity contribution in [2.45, 2.75) is 45.4 Å². The van der Waals surface area contributed by atoms with Crippen LogP contribution >= 0.6 is 0 Å².